The molecule has 2 fully saturated rings. The summed E-state index contributed by atoms with van der Waals surface area (Å²) in [6.45, 7) is 2.81. The van der Waals surface area contributed by atoms with Crippen molar-refractivity contribution >= 4 is 11.4 Å². The molecule has 6 rings (SSSR count). The number of halogens is 2. The average Bonchev–Trinajstić information content (AvgIpc) is 3.61. The Morgan fingerprint density at radius 1 is 1.00 bits per heavy atom. The predicted octanol–water partition coefficient (Wildman–Crippen LogP) is 4.71. The second-order valence-electron chi connectivity index (χ2n) is 9.53. The minimum absolute atomic E-state index is 0.0887. The number of rotatable bonds is 7. The van der Waals surface area contributed by atoms with Gasteiger partial charge in [-0.05, 0) is 92.2 Å². The number of likely N-dealkylation sites (tertiary alicyclic amines) is 1. The van der Waals surface area contributed by atoms with Crippen molar-refractivity contribution in [3.8, 4) is 0 Å². The summed E-state index contributed by atoms with van der Waals surface area (Å²) < 4.78 is 29.3. The molecular weight excluding hydrogens is 462 g/mol. The van der Waals surface area contributed by atoms with E-state index in [2.05, 4.69) is 37.4 Å². The van der Waals surface area contributed by atoms with Crippen LogP contribution in [0.25, 0.3) is 5.65 Å². The van der Waals surface area contributed by atoms with Crippen LogP contribution in [0.15, 0.2) is 66.3 Å². The van der Waals surface area contributed by atoms with Crippen LogP contribution in [0.4, 0.5) is 8.78 Å². The molecular formula is C27H26F2N6O. The van der Waals surface area contributed by atoms with Gasteiger partial charge in [0.05, 0.1) is 5.69 Å². The highest BCUT2D eigenvalue weighted by Gasteiger charge is 2.25. The van der Waals surface area contributed by atoms with E-state index in [1.165, 1.54) is 11.6 Å². The van der Waals surface area contributed by atoms with Gasteiger partial charge in [-0.1, -0.05) is 11.2 Å². The third kappa shape index (κ3) is 4.97. The van der Waals surface area contributed by atoms with Crippen LogP contribution in [0.1, 0.15) is 54.0 Å². The van der Waals surface area contributed by atoms with Crippen LogP contribution in [0, 0.1) is 11.6 Å². The van der Waals surface area contributed by atoms with Crippen LogP contribution >= 0.6 is 0 Å². The molecule has 1 saturated heterocycles. The van der Waals surface area contributed by atoms with E-state index in [9.17, 15) is 8.78 Å². The quantitative estimate of drug-likeness (QED) is 0.278. The largest absolute Gasteiger partial charge is 0.392 e. The predicted molar refractivity (Wildman–Crippen MR) is 131 cm³/mol. The summed E-state index contributed by atoms with van der Waals surface area (Å²) >= 11 is 0. The fraction of sp³-hybridized carbons (Fsp3) is 0.333. The molecule has 0 amide bonds. The van der Waals surface area contributed by atoms with Crippen molar-refractivity contribution in [3.63, 3.8) is 0 Å². The third-order valence-electron chi connectivity index (χ3n) is 6.87. The van der Waals surface area contributed by atoms with Crippen LogP contribution in [0.2, 0.25) is 0 Å². The summed E-state index contributed by atoms with van der Waals surface area (Å²) in [5, 5.41) is 12.4. The van der Waals surface area contributed by atoms with Gasteiger partial charge in [0.25, 0.3) is 0 Å². The lowest BCUT2D eigenvalue weighted by atomic mass is 9.90. The molecule has 4 heterocycles. The number of hydrogen-bond donors (Lipinski definition) is 0. The van der Waals surface area contributed by atoms with E-state index in [0.717, 1.165) is 68.7 Å². The normalized spacial score (nSPS) is 17.6. The number of aromatic nitrogens is 4. The first-order valence-corrected chi connectivity index (χ1v) is 12.3. The molecule has 0 unspecified atom stereocenters. The molecule has 9 heteroatoms. The Labute approximate surface area is 207 Å². The van der Waals surface area contributed by atoms with Crippen LogP contribution in [0.5, 0.6) is 0 Å². The fourth-order valence-electron chi connectivity index (χ4n) is 4.62. The molecule has 184 valence electrons. The van der Waals surface area contributed by atoms with Gasteiger partial charge in [-0.15, -0.1) is 10.2 Å². The lowest BCUT2D eigenvalue weighted by Gasteiger charge is -2.32. The summed E-state index contributed by atoms with van der Waals surface area (Å²) in [7, 11) is 0. The van der Waals surface area contributed by atoms with E-state index in [-0.39, 0.29) is 6.10 Å². The highest BCUT2D eigenvalue weighted by molar-refractivity contribution is 6.11. The van der Waals surface area contributed by atoms with Crippen molar-refractivity contribution in [3.05, 3.63) is 95.2 Å². The monoisotopic (exact) mass is 488 g/mol. The first kappa shape index (κ1) is 22.7. The maximum atomic E-state index is 13.9. The Morgan fingerprint density at radius 3 is 2.61 bits per heavy atom. The minimum atomic E-state index is -0.923. The SMILES string of the molecule is Fc1ccc(/C(=N\OC2CC2)c2ccc(CN3CCC(c4ccn5cnnc5c4)CC3)cn2)cc1F. The van der Waals surface area contributed by atoms with E-state index in [4.69, 9.17) is 4.84 Å². The number of hydrogen-bond acceptors (Lipinski definition) is 6. The third-order valence-corrected chi connectivity index (χ3v) is 6.87. The Balaban J connectivity index is 1.11. The van der Waals surface area contributed by atoms with Gasteiger partial charge in [0.15, 0.2) is 17.3 Å². The number of fused-ring (bicyclic) bond motifs is 1. The molecule has 1 aliphatic heterocycles. The molecule has 0 atom stereocenters. The minimum Gasteiger partial charge on any atom is -0.392 e. The number of nitrogens with zero attached hydrogens (tertiary/aromatic N) is 6. The lowest BCUT2D eigenvalue weighted by Crippen LogP contribution is -2.32. The summed E-state index contributed by atoms with van der Waals surface area (Å²) in [5.41, 5.74) is 4.69. The van der Waals surface area contributed by atoms with Crippen LogP contribution in [-0.4, -0.2) is 49.4 Å². The standard InChI is InChI=1S/C27H26F2N6O/c28-23-5-2-21(13-24(23)29)27(33-36-22-3-4-22)25-6-1-18(15-30-25)16-34-10-7-19(8-11-34)20-9-12-35-17-31-32-26(35)14-20/h1-2,5-6,9,12-15,17,19,22H,3-4,7-8,10-11,16H2/b33-27+. The summed E-state index contributed by atoms with van der Waals surface area (Å²) in [6, 6.07) is 11.9. The molecule has 4 aromatic rings. The maximum absolute atomic E-state index is 13.9. The molecule has 1 saturated carbocycles. The lowest BCUT2D eigenvalue weighted by molar-refractivity contribution is 0.129. The van der Waals surface area contributed by atoms with E-state index in [1.807, 2.05) is 28.9 Å². The second kappa shape index (κ2) is 9.73. The molecule has 7 nitrogen and oxygen atoms in total. The zero-order chi connectivity index (χ0) is 24.5. The number of benzene rings is 1. The van der Waals surface area contributed by atoms with Crippen molar-refractivity contribution in [2.45, 2.75) is 44.2 Å². The van der Waals surface area contributed by atoms with Gasteiger partial charge in [0.2, 0.25) is 0 Å². The molecule has 2 aliphatic rings. The van der Waals surface area contributed by atoms with E-state index >= 15 is 0 Å². The average molecular weight is 489 g/mol. The molecule has 0 N–H and O–H groups in total. The zero-order valence-corrected chi connectivity index (χ0v) is 19.7. The Morgan fingerprint density at radius 2 is 1.86 bits per heavy atom. The van der Waals surface area contributed by atoms with Crippen molar-refractivity contribution < 1.29 is 13.6 Å². The topological polar surface area (TPSA) is 67.9 Å². The molecule has 0 spiro atoms. The van der Waals surface area contributed by atoms with Gasteiger partial charge in [-0.25, -0.2) is 8.78 Å². The van der Waals surface area contributed by atoms with Gasteiger partial charge in [-0.3, -0.25) is 14.3 Å². The van der Waals surface area contributed by atoms with Crippen LogP contribution in [-0.2, 0) is 11.4 Å². The highest BCUT2D eigenvalue weighted by Crippen LogP contribution is 2.29. The number of piperidine rings is 1. The zero-order valence-electron chi connectivity index (χ0n) is 19.7. The van der Waals surface area contributed by atoms with E-state index in [0.29, 0.717) is 22.9 Å². The van der Waals surface area contributed by atoms with Gasteiger partial charge in [-0.2, -0.15) is 0 Å². The van der Waals surface area contributed by atoms with Gasteiger partial charge in [0, 0.05) is 24.5 Å². The fourth-order valence-corrected chi connectivity index (χ4v) is 4.62. The molecule has 1 aromatic carbocycles. The first-order chi connectivity index (χ1) is 17.6. The molecule has 1 aliphatic carbocycles. The Bertz CT molecular complexity index is 1390. The maximum Gasteiger partial charge on any atom is 0.160 e. The Kier molecular flexibility index (Phi) is 6.14. The molecule has 0 radical (unpaired) electrons. The highest BCUT2D eigenvalue weighted by atomic mass is 19.2. The van der Waals surface area contributed by atoms with E-state index in [1.54, 1.807) is 6.33 Å². The van der Waals surface area contributed by atoms with Crippen molar-refractivity contribution in [1.82, 2.24) is 24.5 Å². The number of oxime groups is 1. The molecule has 3 aromatic heterocycles. The van der Waals surface area contributed by atoms with Crippen molar-refractivity contribution in [2.24, 2.45) is 5.16 Å². The summed E-state index contributed by atoms with van der Waals surface area (Å²) in [6.07, 6.45) is 9.73. The van der Waals surface area contributed by atoms with Crippen LogP contribution in [0.3, 0.4) is 0 Å². The van der Waals surface area contributed by atoms with E-state index < -0.39 is 11.6 Å². The first-order valence-electron chi connectivity index (χ1n) is 12.3. The number of pyridine rings is 2. The second-order valence-corrected chi connectivity index (χ2v) is 9.53. The van der Waals surface area contributed by atoms with Crippen LogP contribution < -0.4 is 0 Å². The molecule has 0 bridgehead atoms. The van der Waals surface area contributed by atoms with Crippen molar-refractivity contribution in [1.29, 1.82) is 0 Å². The van der Waals surface area contributed by atoms with Gasteiger partial charge in [0.1, 0.15) is 18.1 Å². The van der Waals surface area contributed by atoms with Crippen molar-refractivity contribution in [2.75, 3.05) is 13.1 Å². The molecule has 36 heavy (non-hydrogen) atoms. The van der Waals surface area contributed by atoms with Gasteiger partial charge < -0.3 is 4.84 Å². The summed E-state index contributed by atoms with van der Waals surface area (Å²) in [4.78, 5) is 12.5. The van der Waals surface area contributed by atoms with Gasteiger partial charge >= 0.3 is 0 Å². The summed E-state index contributed by atoms with van der Waals surface area (Å²) in [5.74, 6) is -1.30. The Hall–Kier alpha value is -3.72. The smallest absolute Gasteiger partial charge is 0.160 e.